The lowest BCUT2D eigenvalue weighted by Gasteiger charge is -2.21. The van der Waals surface area contributed by atoms with Crippen LogP contribution in [0.15, 0.2) is 95.6 Å². The normalized spacial score (nSPS) is 12.3. The van der Waals surface area contributed by atoms with Crippen molar-refractivity contribution in [3.8, 4) is 16.8 Å². The minimum Gasteiger partial charge on any atom is -0.280 e. The van der Waals surface area contributed by atoms with Gasteiger partial charge in [-0.1, -0.05) is 43.3 Å². The highest BCUT2D eigenvalue weighted by Crippen LogP contribution is 2.31. The van der Waals surface area contributed by atoms with Crippen molar-refractivity contribution in [3.05, 3.63) is 113 Å². The van der Waals surface area contributed by atoms with E-state index < -0.39 is 0 Å². The van der Waals surface area contributed by atoms with Gasteiger partial charge in [0.2, 0.25) is 0 Å². The van der Waals surface area contributed by atoms with Gasteiger partial charge in [0.25, 0.3) is 5.56 Å². The van der Waals surface area contributed by atoms with Crippen LogP contribution in [0.25, 0.3) is 37.8 Å². The second-order valence-electron chi connectivity index (χ2n) is 8.51. The number of pyridine rings is 2. The van der Waals surface area contributed by atoms with E-state index in [2.05, 4.69) is 33.2 Å². The molecule has 0 aliphatic heterocycles. The van der Waals surface area contributed by atoms with E-state index in [1.807, 2.05) is 76.9 Å². The van der Waals surface area contributed by atoms with Gasteiger partial charge in [0.1, 0.15) is 5.52 Å². The highest BCUT2D eigenvalue weighted by Gasteiger charge is 2.20. The lowest BCUT2D eigenvalue weighted by Crippen LogP contribution is -2.24. The number of aromatic nitrogens is 5. The second-order valence-corrected chi connectivity index (χ2v) is 9.39. The molecule has 1 atom stereocenters. The lowest BCUT2D eigenvalue weighted by atomic mass is 9.95. The van der Waals surface area contributed by atoms with E-state index in [9.17, 15) is 4.79 Å². The Morgan fingerprint density at radius 1 is 0.943 bits per heavy atom. The van der Waals surface area contributed by atoms with Crippen molar-refractivity contribution >= 4 is 32.3 Å². The molecule has 2 aromatic carbocycles. The summed E-state index contributed by atoms with van der Waals surface area (Å²) in [6.45, 7) is 2.14. The Morgan fingerprint density at radius 2 is 1.83 bits per heavy atom. The number of benzene rings is 2. The number of hydrogen-bond acceptors (Lipinski definition) is 6. The quantitative estimate of drug-likeness (QED) is 0.315. The molecule has 35 heavy (non-hydrogen) atoms. The summed E-state index contributed by atoms with van der Waals surface area (Å²) in [7, 11) is 0. The van der Waals surface area contributed by atoms with E-state index in [1.165, 1.54) is 0 Å². The summed E-state index contributed by atoms with van der Waals surface area (Å²) in [5.74, 6) is 0.0263. The van der Waals surface area contributed by atoms with E-state index in [0.29, 0.717) is 11.8 Å². The van der Waals surface area contributed by atoms with Crippen LogP contribution >= 0.6 is 11.3 Å². The molecule has 6 nitrogen and oxygen atoms in total. The molecule has 0 aliphatic rings. The first-order chi connectivity index (χ1) is 17.2. The number of thiazole rings is 1. The topological polar surface area (TPSA) is 73.6 Å². The van der Waals surface area contributed by atoms with Gasteiger partial charge >= 0.3 is 0 Å². The van der Waals surface area contributed by atoms with E-state index >= 15 is 0 Å². The van der Waals surface area contributed by atoms with E-state index in [1.54, 1.807) is 23.7 Å². The summed E-state index contributed by atoms with van der Waals surface area (Å²) in [6.07, 6.45) is 5.85. The molecule has 4 heterocycles. The van der Waals surface area contributed by atoms with Crippen LogP contribution in [0, 0.1) is 0 Å². The molecule has 0 N–H and O–H groups in total. The van der Waals surface area contributed by atoms with Crippen LogP contribution in [0.4, 0.5) is 0 Å². The number of fused-ring (bicyclic) bond motifs is 2. The van der Waals surface area contributed by atoms with E-state index in [0.717, 1.165) is 43.8 Å². The van der Waals surface area contributed by atoms with Gasteiger partial charge in [-0.25, -0.2) is 4.98 Å². The van der Waals surface area contributed by atoms with Gasteiger partial charge in [0.05, 0.1) is 33.7 Å². The SMILES string of the molecule is C[C@H](Cc1nccc2scnc12)c1cc2cccc(-c3ccnnc3)c2c(=O)n1-c1ccccc1. The average Bonchev–Trinajstić information content (AvgIpc) is 3.39. The van der Waals surface area contributed by atoms with Crippen LogP contribution in [0.2, 0.25) is 0 Å². The van der Waals surface area contributed by atoms with Crippen molar-refractivity contribution in [2.45, 2.75) is 19.3 Å². The van der Waals surface area contributed by atoms with Gasteiger partial charge in [0.15, 0.2) is 0 Å². The Labute approximate surface area is 205 Å². The molecule has 170 valence electrons. The molecule has 0 spiro atoms. The van der Waals surface area contributed by atoms with Gasteiger partial charge in [-0.15, -0.1) is 11.3 Å². The molecule has 6 aromatic rings. The fourth-order valence-corrected chi connectivity index (χ4v) is 5.36. The van der Waals surface area contributed by atoms with Crippen molar-refractivity contribution in [3.63, 3.8) is 0 Å². The highest BCUT2D eigenvalue weighted by atomic mass is 32.1. The Morgan fingerprint density at radius 3 is 2.66 bits per heavy atom. The fourth-order valence-electron chi connectivity index (χ4n) is 4.67. The monoisotopic (exact) mass is 475 g/mol. The summed E-state index contributed by atoms with van der Waals surface area (Å²) in [5.41, 5.74) is 7.17. The standard InChI is InChI=1S/C28H21N5OS/c1-18(14-23-27-25(11-12-29-23)35-17-30-27)24-15-19-6-5-9-22(20-10-13-31-32-16-20)26(19)28(34)33(24)21-7-3-2-4-8-21/h2-13,15-18H,14H2,1H3/t18-/m1/s1. The van der Waals surface area contributed by atoms with Crippen molar-refractivity contribution < 1.29 is 0 Å². The molecule has 0 aliphatic carbocycles. The highest BCUT2D eigenvalue weighted by molar-refractivity contribution is 7.16. The molecule has 0 bridgehead atoms. The molecule has 0 amide bonds. The zero-order valence-corrected chi connectivity index (χ0v) is 19.8. The molecular formula is C28H21N5OS. The average molecular weight is 476 g/mol. The van der Waals surface area contributed by atoms with Crippen molar-refractivity contribution in [2.75, 3.05) is 0 Å². The van der Waals surface area contributed by atoms with Crippen molar-refractivity contribution in [2.24, 2.45) is 0 Å². The summed E-state index contributed by atoms with van der Waals surface area (Å²) in [4.78, 5) is 23.3. The second kappa shape index (κ2) is 8.85. The predicted octanol–water partition coefficient (Wildman–Crippen LogP) is 5.80. The summed E-state index contributed by atoms with van der Waals surface area (Å²) in [5, 5.41) is 9.48. The lowest BCUT2D eigenvalue weighted by molar-refractivity contribution is 0.688. The van der Waals surface area contributed by atoms with Crippen LogP contribution < -0.4 is 5.56 Å². The first kappa shape index (κ1) is 21.3. The molecule has 0 fully saturated rings. The molecule has 0 saturated carbocycles. The summed E-state index contributed by atoms with van der Waals surface area (Å²) in [6, 6.07) is 21.8. The Balaban J connectivity index is 1.58. The predicted molar refractivity (Wildman–Crippen MR) is 140 cm³/mol. The molecule has 0 unspecified atom stereocenters. The first-order valence-corrected chi connectivity index (χ1v) is 12.3. The molecule has 6 rings (SSSR count). The Bertz CT molecular complexity index is 1710. The zero-order valence-electron chi connectivity index (χ0n) is 19.0. The third-order valence-electron chi connectivity index (χ3n) is 6.31. The molecule has 7 heteroatoms. The molecule has 4 aromatic heterocycles. The molecule has 0 radical (unpaired) electrons. The van der Waals surface area contributed by atoms with Gasteiger partial charge in [-0.3, -0.25) is 14.3 Å². The smallest absolute Gasteiger partial charge is 0.263 e. The van der Waals surface area contributed by atoms with E-state index in [-0.39, 0.29) is 11.5 Å². The summed E-state index contributed by atoms with van der Waals surface area (Å²) < 4.78 is 2.96. The van der Waals surface area contributed by atoms with Crippen molar-refractivity contribution in [1.29, 1.82) is 0 Å². The van der Waals surface area contributed by atoms with Crippen molar-refractivity contribution in [1.82, 2.24) is 24.7 Å². The largest absolute Gasteiger partial charge is 0.280 e. The number of rotatable bonds is 5. The van der Waals surface area contributed by atoms with Crippen LogP contribution in [-0.2, 0) is 6.42 Å². The molecule has 0 saturated heterocycles. The van der Waals surface area contributed by atoms with Gasteiger partial charge in [-0.2, -0.15) is 10.2 Å². The minimum absolute atomic E-state index is 0.0263. The zero-order chi connectivity index (χ0) is 23.8. The molecular weight excluding hydrogens is 454 g/mol. The van der Waals surface area contributed by atoms with E-state index in [4.69, 9.17) is 0 Å². The Kier molecular flexibility index (Phi) is 5.39. The maximum Gasteiger partial charge on any atom is 0.263 e. The van der Waals surface area contributed by atoms with Gasteiger partial charge in [0, 0.05) is 29.1 Å². The van der Waals surface area contributed by atoms with Crippen LogP contribution in [0.3, 0.4) is 0 Å². The maximum atomic E-state index is 14.2. The Hall–Kier alpha value is -4.23. The van der Waals surface area contributed by atoms with Crippen LogP contribution in [0.5, 0.6) is 0 Å². The maximum absolute atomic E-state index is 14.2. The first-order valence-electron chi connectivity index (χ1n) is 11.4. The number of hydrogen-bond donors (Lipinski definition) is 0. The number of para-hydroxylation sites is 1. The third kappa shape index (κ3) is 3.80. The van der Waals surface area contributed by atoms with Gasteiger partial charge < -0.3 is 0 Å². The summed E-state index contributed by atoms with van der Waals surface area (Å²) >= 11 is 1.61. The minimum atomic E-state index is -0.0530. The van der Waals surface area contributed by atoms with Crippen LogP contribution in [-0.4, -0.2) is 24.7 Å². The third-order valence-corrected chi connectivity index (χ3v) is 7.11. The van der Waals surface area contributed by atoms with Crippen LogP contribution in [0.1, 0.15) is 24.2 Å². The van der Waals surface area contributed by atoms with Gasteiger partial charge in [-0.05, 0) is 47.7 Å². The fraction of sp³-hybridized carbons (Fsp3) is 0.107. The number of nitrogens with zero attached hydrogens (tertiary/aromatic N) is 5.